The van der Waals surface area contributed by atoms with E-state index in [4.69, 9.17) is 5.11 Å². The Morgan fingerprint density at radius 2 is 2.05 bits per heavy atom. The second-order valence-corrected chi connectivity index (χ2v) is 5.70. The zero-order valence-corrected chi connectivity index (χ0v) is 11.3. The third-order valence-corrected chi connectivity index (χ3v) is 3.90. The molecule has 0 spiro atoms. The van der Waals surface area contributed by atoms with Crippen molar-refractivity contribution in [2.75, 3.05) is 20.3 Å². The van der Waals surface area contributed by atoms with Crippen LogP contribution >= 0.6 is 0 Å². The highest BCUT2D eigenvalue weighted by Crippen LogP contribution is 2.30. The van der Waals surface area contributed by atoms with Crippen molar-refractivity contribution in [3.05, 3.63) is 29.8 Å². The standard InChI is InChI=1S/C11H14F3NO4S/c1-19-7-9(6-16)15-20(17,18)10-4-2-3-8(5-10)11(12,13)14/h2-5,9,15-16H,6-7H2,1H3. The van der Waals surface area contributed by atoms with E-state index >= 15 is 0 Å². The fourth-order valence-electron chi connectivity index (χ4n) is 1.45. The number of hydrogen-bond acceptors (Lipinski definition) is 4. The van der Waals surface area contributed by atoms with E-state index in [1.807, 2.05) is 0 Å². The van der Waals surface area contributed by atoms with Gasteiger partial charge >= 0.3 is 6.18 Å². The molecule has 0 aliphatic rings. The number of nitrogens with one attached hydrogen (secondary N) is 1. The summed E-state index contributed by atoms with van der Waals surface area (Å²) >= 11 is 0. The van der Waals surface area contributed by atoms with Crippen molar-refractivity contribution in [3.8, 4) is 0 Å². The first-order valence-electron chi connectivity index (χ1n) is 5.50. The van der Waals surface area contributed by atoms with Crippen LogP contribution in [0.1, 0.15) is 5.56 Å². The Morgan fingerprint density at radius 3 is 2.55 bits per heavy atom. The lowest BCUT2D eigenvalue weighted by molar-refractivity contribution is -0.137. The number of aliphatic hydroxyl groups excluding tert-OH is 1. The van der Waals surface area contributed by atoms with Gasteiger partial charge in [0.25, 0.3) is 0 Å². The molecule has 20 heavy (non-hydrogen) atoms. The predicted molar refractivity (Wildman–Crippen MR) is 64.5 cm³/mol. The second kappa shape index (κ2) is 6.53. The molecule has 0 saturated heterocycles. The molecule has 1 aromatic rings. The van der Waals surface area contributed by atoms with Gasteiger partial charge in [-0.25, -0.2) is 13.1 Å². The lowest BCUT2D eigenvalue weighted by Gasteiger charge is -2.16. The van der Waals surface area contributed by atoms with Crippen molar-refractivity contribution in [2.45, 2.75) is 17.1 Å². The predicted octanol–water partition coefficient (Wildman–Crippen LogP) is 0.991. The van der Waals surface area contributed by atoms with E-state index in [1.165, 1.54) is 7.11 Å². The minimum absolute atomic E-state index is 0.102. The van der Waals surface area contributed by atoms with E-state index in [-0.39, 0.29) is 6.61 Å². The van der Waals surface area contributed by atoms with Gasteiger partial charge in [-0.2, -0.15) is 13.2 Å². The number of aliphatic hydroxyl groups is 1. The van der Waals surface area contributed by atoms with Gasteiger partial charge in [0.1, 0.15) is 0 Å². The summed E-state index contributed by atoms with van der Waals surface area (Å²) in [7, 11) is -2.86. The summed E-state index contributed by atoms with van der Waals surface area (Å²) in [4.78, 5) is -0.526. The number of alkyl halides is 3. The normalized spacial score (nSPS) is 14.2. The van der Waals surface area contributed by atoms with Gasteiger partial charge in [-0.05, 0) is 18.2 Å². The number of ether oxygens (including phenoxy) is 1. The first-order valence-corrected chi connectivity index (χ1v) is 6.98. The third-order valence-electron chi connectivity index (χ3n) is 2.38. The monoisotopic (exact) mass is 313 g/mol. The topological polar surface area (TPSA) is 75.6 Å². The van der Waals surface area contributed by atoms with Crippen LogP contribution in [0, 0.1) is 0 Å². The van der Waals surface area contributed by atoms with Gasteiger partial charge in [0.2, 0.25) is 10.0 Å². The highest BCUT2D eigenvalue weighted by molar-refractivity contribution is 7.89. The summed E-state index contributed by atoms with van der Waals surface area (Å²) in [6.07, 6.45) is -4.63. The molecule has 1 atom stereocenters. The molecule has 0 aromatic heterocycles. The minimum atomic E-state index is -4.63. The van der Waals surface area contributed by atoms with Crippen LogP contribution in [0.2, 0.25) is 0 Å². The van der Waals surface area contributed by atoms with Gasteiger partial charge in [-0.3, -0.25) is 0 Å². The van der Waals surface area contributed by atoms with Crippen LogP contribution in [0.5, 0.6) is 0 Å². The summed E-state index contributed by atoms with van der Waals surface area (Å²) < 4.78 is 68.2. The largest absolute Gasteiger partial charge is 0.416 e. The van der Waals surface area contributed by atoms with Crippen molar-refractivity contribution < 1.29 is 31.4 Å². The van der Waals surface area contributed by atoms with E-state index in [9.17, 15) is 21.6 Å². The molecule has 5 nitrogen and oxygen atoms in total. The lowest BCUT2D eigenvalue weighted by Crippen LogP contribution is -2.40. The Bertz CT molecular complexity index is 545. The Hall–Kier alpha value is -1.16. The van der Waals surface area contributed by atoms with Crippen molar-refractivity contribution in [3.63, 3.8) is 0 Å². The Balaban J connectivity index is 3.04. The average molecular weight is 313 g/mol. The third kappa shape index (κ3) is 4.44. The molecule has 2 N–H and O–H groups in total. The van der Waals surface area contributed by atoms with Crippen LogP contribution < -0.4 is 4.72 Å². The molecule has 0 saturated carbocycles. The molecule has 9 heteroatoms. The van der Waals surface area contributed by atoms with E-state index in [0.717, 1.165) is 18.2 Å². The number of benzene rings is 1. The quantitative estimate of drug-likeness (QED) is 0.821. The average Bonchev–Trinajstić information content (AvgIpc) is 2.37. The first-order chi connectivity index (χ1) is 9.20. The van der Waals surface area contributed by atoms with Crippen LogP contribution in [0.15, 0.2) is 29.2 Å². The Labute approximate surface area is 114 Å². The van der Waals surface area contributed by atoms with Crippen molar-refractivity contribution in [1.29, 1.82) is 0 Å². The fourth-order valence-corrected chi connectivity index (χ4v) is 2.71. The van der Waals surface area contributed by atoms with Gasteiger partial charge in [-0.15, -0.1) is 0 Å². The molecular formula is C11H14F3NO4S. The molecule has 0 heterocycles. The fraction of sp³-hybridized carbons (Fsp3) is 0.455. The smallest absolute Gasteiger partial charge is 0.395 e. The summed E-state index contributed by atoms with van der Waals surface area (Å²) in [5, 5.41) is 8.96. The molecule has 0 bridgehead atoms. The molecule has 0 radical (unpaired) electrons. The second-order valence-electron chi connectivity index (χ2n) is 3.98. The molecule has 114 valence electrons. The van der Waals surface area contributed by atoms with Crippen LogP contribution in [-0.2, 0) is 20.9 Å². The first kappa shape index (κ1) is 16.9. The molecule has 0 fully saturated rings. The number of halogens is 3. The number of hydrogen-bond donors (Lipinski definition) is 2. The van der Waals surface area contributed by atoms with Crippen LogP contribution in [0.4, 0.5) is 13.2 Å². The SMILES string of the molecule is COCC(CO)NS(=O)(=O)c1cccc(C(F)(F)F)c1. The summed E-state index contributed by atoms with van der Waals surface area (Å²) in [5.41, 5.74) is -1.06. The molecule has 0 aliphatic heterocycles. The van der Waals surface area contributed by atoms with E-state index in [1.54, 1.807) is 0 Å². The van der Waals surface area contributed by atoms with E-state index < -0.39 is 39.3 Å². The summed E-state index contributed by atoms with van der Waals surface area (Å²) in [5.74, 6) is 0. The van der Waals surface area contributed by atoms with E-state index in [0.29, 0.717) is 6.07 Å². The number of rotatable bonds is 6. The van der Waals surface area contributed by atoms with Crippen molar-refractivity contribution in [2.24, 2.45) is 0 Å². The summed E-state index contributed by atoms with van der Waals surface area (Å²) in [6, 6.07) is 2.42. The molecule has 1 unspecified atom stereocenters. The number of sulfonamides is 1. The minimum Gasteiger partial charge on any atom is -0.395 e. The van der Waals surface area contributed by atoms with Gasteiger partial charge in [0.05, 0.1) is 29.7 Å². The maximum Gasteiger partial charge on any atom is 0.416 e. The Kier molecular flexibility index (Phi) is 5.51. The van der Waals surface area contributed by atoms with Gasteiger partial charge in [0.15, 0.2) is 0 Å². The maximum absolute atomic E-state index is 12.5. The van der Waals surface area contributed by atoms with Gasteiger partial charge in [0, 0.05) is 7.11 Å². The molecule has 1 aromatic carbocycles. The summed E-state index contributed by atoms with van der Waals surface area (Å²) in [6.45, 7) is -0.638. The van der Waals surface area contributed by atoms with Gasteiger partial charge in [-0.1, -0.05) is 6.07 Å². The number of methoxy groups -OCH3 is 1. The molecule has 0 amide bonds. The highest BCUT2D eigenvalue weighted by Gasteiger charge is 2.32. The molecule has 1 rings (SSSR count). The Morgan fingerprint density at radius 1 is 1.40 bits per heavy atom. The van der Waals surface area contributed by atoms with E-state index in [2.05, 4.69) is 9.46 Å². The van der Waals surface area contributed by atoms with Gasteiger partial charge < -0.3 is 9.84 Å². The molecule has 0 aliphatic carbocycles. The van der Waals surface area contributed by atoms with Crippen LogP contribution in [0.25, 0.3) is 0 Å². The zero-order valence-electron chi connectivity index (χ0n) is 10.5. The zero-order chi connectivity index (χ0) is 15.4. The van der Waals surface area contributed by atoms with Crippen molar-refractivity contribution in [1.82, 2.24) is 4.72 Å². The van der Waals surface area contributed by atoms with Crippen LogP contribution in [0.3, 0.4) is 0 Å². The lowest BCUT2D eigenvalue weighted by atomic mass is 10.2. The van der Waals surface area contributed by atoms with Crippen LogP contribution in [-0.4, -0.2) is 39.9 Å². The van der Waals surface area contributed by atoms with Crippen molar-refractivity contribution >= 4 is 10.0 Å². The molecular weight excluding hydrogens is 299 g/mol. The maximum atomic E-state index is 12.5. The highest BCUT2D eigenvalue weighted by atomic mass is 32.2.